The zero-order chi connectivity index (χ0) is 21.3. The summed E-state index contributed by atoms with van der Waals surface area (Å²) in [6.45, 7) is 8.63. The number of nitrogens with one attached hydrogen (secondary N) is 1. The topological polar surface area (TPSA) is 75.0 Å². The van der Waals surface area contributed by atoms with Crippen LogP contribution >= 0.6 is 0 Å². The number of piperidine rings is 1. The first-order chi connectivity index (χ1) is 14.5. The molecule has 5 heteroatoms. The number of hydrogen-bond donors (Lipinski definition) is 2. The van der Waals surface area contributed by atoms with Gasteiger partial charge in [-0.25, -0.2) is 0 Å². The largest absolute Gasteiger partial charge is 0.354 e. The van der Waals surface area contributed by atoms with E-state index in [-0.39, 0.29) is 5.91 Å². The number of carbonyl (C=O) groups excluding carboxylic acids is 1. The fourth-order valence-corrected chi connectivity index (χ4v) is 4.76. The smallest absolute Gasteiger partial charge is 0.223 e. The molecule has 1 aromatic carbocycles. The highest BCUT2D eigenvalue weighted by Gasteiger charge is 2.24. The van der Waals surface area contributed by atoms with Gasteiger partial charge in [0.25, 0.3) is 0 Å². The van der Waals surface area contributed by atoms with Crippen molar-refractivity contribution in [1.82, 2.24) is 14.9 Å². The normalized spacial score (nSPS) is 15.3. The first-order valence-electron chi connectivity index (χ1n) is 11.0. The van der Waals surface area contributed by atoms with Crippen molar-refractivity contribution in [3.63, 3.8) is 0 Å². The molecule has 3 N–H and O–H groups in total. The molecule has 30 heavy (non-hydrogen) atoms. The fourth-order valence-electron chi connectivity index (χ4n) is 4.76. The van der Waals surface area contributed by atoms with Crippen molar-refractivity contribution in [3.8, 4) is 11.3 Å². The number of H-pyrrole nitrogens is 1. The van der Waals surface area contributed by atoms with E-state index in [4.69, 9.17) is 5.73 Å². The van der Waals surface area contributed by atoms with Crippen LogP contribution in [0.15, 0.2) is 36.5 Å². The van der Waals surface area contributed by atoms with Gasteiger partial charge in [0.15, 0.2) is 0 Å². The lowest BCUT2D eigenvalue weighted by Crippen LogP contribution is -2.38. The maximum atomic E-state index is 12.1. The summed E-state index contributed by atoms with van der Waals surface area (Å²) >= 11 is 0. The van der Waals surface area contributed by atoms with Gasteiger partial charge in [-0.3, -0.25) is 9.78 Å². The summed E-state index contributed by atoms with van der Waals surface area (Å²) in [4.78, 5) is 22.1. The molecule has 0 aliphatic carbocycles. The van der Waals surface area contributed by atoms with E-state index in [2.05, 4.69) is 54.1 Å². The molecule has 0 radical (unpaired) electrons. The predicted molar refractivity (Wildman–Crippen MR) is 123 cm³/mol. The number of aromatic amines is 1. The molecular formula is C25H32N4O. The first kappa shape index (κ1) is 20.6. The fraction of sp³-hybridized carbons (Fsp3) is 0.440. The Morgan fingerprint density at radius 3 is 2.67 bits per heavy atom. The number of likely N-dealkylation sites (tertiary alicyclic amines) is 1. The van der Waals surface area contributed by atoms with E-state index in [0.29, 0.717) is 24.8 Å². The standard InChI is InChI=1S/C25H32N4O/c1-16(2)24-21-15-19(18-8-12-29(13-9-18)23(30)6-10-26)4-5-22(21)28-25(24)20-7-11-27-17(3)14-20/h4-5,7,11,14-16,18,28H,6,8-10,12-13,26H2,1-3H3. The molecular weight excluding hydrogens is 372 g/mol. The van der Waals surface area contributed by atoms with Crippen LogP contribution in [0.4, 0.5) is 0 Å². The minimum Gasteiger partial charge on any atom is -0.354 e. The number of aromatic nitrogens is 2. The minimum atomic E-state index is 0.191. The number of aryl methyl sites for hydroxylation is 1. The van der Waals surface area contributed by atoms with Crippen LogP contribution in [0.2, 0.25) is 0 Å². The van der Waals surface area contributed by atoms with Crippen LogP contribution in [-0.4, -0.2) is 40.4 Å². The molecule has 0 bridgehead atoms. The molecule has 1 aliphatic rings. The molecule has 0 saturated carbocycles. The lowest BCUT2D eigenvalue weighted by atomic mass is 9.87. The van der Waals surface area contributed by atoms with E-state index in [1.54, 1.807) is 0 Å². The Bertz CT molecular complexity index is 1040. The van der Waals surface area contributed by atoms with E-state index in [1.807, 2.05) is 18.0 Å². The van der Waals surface area contributed by atoms with Gasteiger partial charge in [-0.2, -0.15) is 0 Å². The maximum Gasteiger partial charge on any atom is 0.223 e. The van der Waals surface area contributed by atoms with Crippen molar-refractivity contribution in [2.45, 2.75) is 51.9 Å². The van der Waals surface area contributed by atoms with Crippen molar-refractivity contribution in [1.29, 1.82) is 0 Å². The Morgan fingerprint density at radius 1 is 1.23 bits per heavy atom. The summed E-state index contributed by atoms with van der Waals surface area (Å²) in [7, 11) is 0. The Kier molecular flexibility index (Phi) is 5.91. The molecule has 2 aromatic heterocycles. The molecule has 0 spiro atoms. The summed E-state index contributed by atoms with van der Waals surface area (Å²) in [5.74, 6) is 1.10. The Labute approximate surface area is 178 Å². The average Bonchev–Trinajstić information content (AvgIpc) is 3.13. The van der Waals surface area contributed by atoms with Crippen molar-refractivity contribution >= 4 is 16.8 Å². The van der Waals surface area contributed by atoms with E-state index in [1.165, 1.54) is 33.3 Å². The maximum absolute atomic E-state index is 12.1. The van der Waals surface area contributed by atoms with E-state index in [9.17, 15) is 4.79 Å². The highest BCUT2D eigenvalue weighted by Crippen LogP contribution is 2.38. The van der Waals surface area contributed by atoms with E-state index in [0.717, 1.165) is 31.6 Å². The summed E-state index contributed by atoms with van der Waals surface area (Å²) in [5, 5.41) is 1.31. The lowest BCUT2D eigenvalue weighted by Gasteiger charge is -2.32. The monoisotopic (exact) mass is 404 g/mol. The van der Waals surface area contributed by atoms with Gasteiger partial charge in [-0.05, 0) is 67.0 Å². The van der Waals surface area contributed by atoms with Crippen molar-refractivity contribution in [2.75, 3.05) is 19.6 Å². The molecule has 0 unspecified atom stereocenters. The molecule has 1 amide bonds. The SMILES string of the molecule is Cc1cc(-c2[nH]c3ccc(C4CCN(C(=O)CCN)CC4)cc3c2C(C)C)ccn1. The number of hydrogen-bond acceptors (Lipinski definition) is 3. The quantitative estimate of drug-likeness (QED) is 0.646. The van der Waals surface area contributed by atoms with Gasteiger partial charge >= 0.3 is 0 Å². The number of carbonyl (C=O) groups is 1. The number of nitrogens with zero attached hydrogens (tertiary/aromatic N) is 2. The van der Waals surface area contributed by atoms with Crippen LogP contribution in [0.1, 0.15) is 61.8 Å². The summed E-state index contributed by atoms with van der Waals surface area (Å²) in [6.07, 6.45) is 4.36. The summed E-state index contributed by atoms with van der Waals surface area (Å²) in [6, 6.07) is 11.1. The first-order valence-corrected chi connectivity index (χ1v) is 11.0. The van der Waals surface area contributed by atoms with Gasteiger partial charge < -0.3 is 15.6 Å². The van der Waals surface area contributed by atoms with Crippen LogP contribution < -0.4 is 5.73 Å². The number of amides is 1. The minimum absolute atomic E-state index is 0.191. The van der Waals surface area contributed by atoms with Gasteiger partial charge in [-0.15, -0.1) is 0 Å². The molecule has 158 valence electrons. The lowest BCUT2D eigenvalue weighted by molar-refractivity contribution is -0.132. The van der Waals surface area contributed by atoms with Gasteiger partial charge in [0.05, 0.1) is 5.69 Å². The van der Waals surface area contributed by atoms with Crippen LogP contribution in [-0.2, 0) is 4.79 Å². The zero-order valence-electron chi connectivity index (χ0n) is 18.2. The average molecular weight is 405 g/mol. The third kappa shape index (κ3) is 3.99. The Morgan fingerprint density at radius 2 is 2.00 bits per heavy atom. The molecule has 5 nitrogen and oxygen atoms in total. The molecule has 0 atom stereocenters. The number of benzene rings is 1. The van der Waals surface area contributed by atoms with Crippen LogP contribution in [0, 0.1) is 6.92 Å². The number of rotatable bonds is 5. The predicted octanol–water partition coefficient (Wildman–Crippen LogP) is 4.72. The summed E-state index contributed by atoms with van der Waals surface area (Å²) in [5.41, 5.74) is 12.9. The highest BCUT2D eigenvalue weighted by atomic mass is 16.2. The molecule has 3 heterocycles. The third-order valence-corrected chi connectivity index (χ3v) is 6.30. The highest BCUT2D eigenvalue weighted by molar-refractivity contribution is 5.92. The van der Waals surface area contributed by atoms with Crippen LogP contribution in [0.25, 0.3) is 22.2 Å². The summed E-state index contributed by atoms with van der Waals surface area (Å²) < 4.78 is 0. The second kappa shape index (κ2) is 8.60. The molecule has 1 fully saturated rings. The molecule has 3 aromatic rings. The Hall–Kier alpha value is -2.66. The van der Waals surface area contributed by atoms with E-state index < -0.39 is 0 Å². The molecule has 4 rings (SSSR count). The van der Waals surface area contributed by atoms with Crippen LogP contribution in [0.5, 0.6) is 0 Å². The second-order valence-corrected chi connectivity index (χ2v) is 8.75. The zero-order valence-corrected chi connectivity index (χ0v) is 18.2. The van der Waals surface area contributed by atoms with Gasteiger partial charge in [-0.1, -0.05) is 19.9 Å². The van der Waals surface area contributed by atoms with Crippen molar-refractivity contribution in [2.24, 2.45) is 5.73 Å². The third-order valence-electron chi connectivity index (χ3n) is 6.30. The molecule has 1 saturated heterocycles. The van der Waals surface area contributed by atoms with Crippen molar-refractivity contribution < 1.29 is 4.79 Å². The number of pyridine rings is 1. The van der Waals surface area contributed by atoms with E-state index >= 15 is 0 Å². The second-order valence-electron chi connectivity index (χ2n) is 8.75. The molecule has 1 aliphatic heterocycles. The Balaban J connectivity index is 1.65. The van der Waals surface area contributed by atoms with Gasteiger partial charge in [0, 0.05) is 54.4 Å². The number of fused-ring (bicyclic) bond motifs is 1. The van der Waals surface area contributed by atoms with Crippen molar-refractivity contribution in [3.05, 3.63) is 53.3 Å². The number of nitrogens with two attached hydrogens (primary N) is 1. The van der Waals surface area contributed by atoms with Gasteiger partial charge in [0.2, 0.25) is 5.91 Å². The van der Waals surface area contributed by atoms with Crippen LogP contribution in [0.3, 0.4) is 0 Å². The van der Waals surface area contributed by atoms with Gasteiger partial charge in [0.1, 0.15) is 0 Å².